The van der Waals surface area contributed by atoms with Crippen molar-refractivity contribution in [3.63, 3.8) is 0 Å². The minimum Gasteiger partial charge on any atom is -0.494 e. The zero-order chi connectivity index (χ0) is 19.2. The van der Waals surface area contributed by atoms with Crippen LogP contribution in [0, 0.1) is 13.8 Å². The van der Waals surface area contributed by atoms with Crippen LogP contribution in [0.1, 0.15) is 28.4 Å². The van der Waals surface area contributed by atoms with Crippen LogP contribution in [0.25, 0.3) is 0 Å². The van der Waals surface area contributed by atoms with Crippen molar-refractivity contribution in [1.82, 2.24) is 0 Å². The predicted molar refractivity (Wildman–Crippen MR) is 108 cm³/mol. The summed E-state index contributed by atoms with van der Waals surface area (Å²) in [4.78, 5) is 12.7. The number of nitrogens with one attached hydrogen (secondary N) is 1. The number of para-hydroxylation sites is 2. The number of anilines is 1. The van der Waals surface area contributed by atoms with Crippen LogP contribution in [0.15, 0.2) is 66.7 Å². The fourth-order valence-corrected chi connectivity index (χ4v) is 2.86. The van der Waals surface area contributed by atoms with E-state index in [1.807, 2.05) is 87.5 Å². The molecular formula is C23H23NO3. The third kappa shape index (κ3) is 4.88. The van der Waals surface area contributed by atoms with E-state index < -0.39 is 0 Å². The van der Waals surface area contributed by atoms with E-state index in [9.17, 15) is 4.79 Å². The van der Waals surface area contributed by atoms with Crippen LogP contribution >= 0.6 is 0 Å². The molecule has 3 aromatic rings. The summed E-state index contributed by atoms with van der Waals surface area (Å²) in [7, 11) is 0. The van der Waals surface area contributed by atoms with E-state index in [0.717, 1.165) is 16.9 Å². The van der Waals surface area contributed by atoms with Gasteiger partial charge in [0.2, 0.25) is 0 Å². The first kappa shape index (κ1) is 18.5. The fraction of sp³-hybridized carbons (Fsp3) is 0.174. The second kappa shape index (κ2) is 8.41. The lowest BCUT2D eigenvalue weighted by molar-refractivity contribution is 0.102. The Balaban J connectivity index is 1.78. The molecule has 0 radical (unpaired) electrons. The Hall–Kier alpha value is -3.27. The van der Waals surface area contributed by atoms with Gasteiger partial charge >= 0.3 is 0 Å². The third-order valence-corrected chi connectivity index (χ3v) is 3.98. The summed E-state index contributed by atoms with van der Waals surface area (Å²) in [5, 5.41) is 2.94. The molecule has 1 amide bonds. The zero-order valence-electron chi connectivity index (χ0n) is 15.8. The van der Waals surface area contributed by atoms with Gasteiger partial charge in [-0.05, 0) is 69.3 Å². The normalized spacial score (nSPS) is 10.3. The van der Waals surface area contributed by atoms with Gasteiger partial charge in [0.15, 0.2) is 5.75 Å². The van der Waals surface area contributed by atoms with Crippen molar-refractivity contribution in [3.8, 4) is 17.2 Å². The Kier molecular flexibility index (Phi) is 5.77. The summed E-state index contributed by atoms with van der Waals surface area (Å²) in [5.41, 5.74) is 3.36. The van der Waals surface area contributed by atoms with Crippen molar-refractivity contribution in [3.05, 3.63) is 83.4 Å². The molecule has 3 aromatic carbocycles. The number of carbonyl (C=O) groups excluding carboxylic acids is 1. The number of carbonyl (C=O) groups is 1. The van der Waals surface area contributed by atoms with Crippen LogP contribution in [0.2, 0.25) is 0 Å². The van der Waals surface area contributed by atoms with Crippen molar-refractivity contribution in [2.45, 2.75) is 20.8 Å². The maximum absolute atomic E-state index is 12.7. The van der Waals surface area contributed by atoms with Crippen molar-refractivity contribution in [2.75, 3.05) is 11.9 Å². The molecule has 0 spiro atoms. The second-order valence-corrected chi connectivity index (χ2v) is 6.33. The van der Waals surface area contributed by atoms with Crippen LogP contribution < -0.4 is 14.8 Å². The lowest BCUT2D eigenvalue weighted by Gasteiger charge is -2.13. The molecule has 0 saturated heterocycles. The Morgan fingerprint density at radius 1 is 0.889 bits per heavy atom. The molecule has 138 valence electrons. The van der Waals surface area contributed by atoms with E-state index >= 15 is 0 Å². The molecule has 0 unspecified atom stereocenters. The minimum absolute atomic E-state index is 0.162. The van der Waals surface area contributed by atoms with Crippen LogP contribution in [-0.4, -0.2) is 12.5 Å². The highest BCUT2D eigenvalue weighted by molar-refractivity contribution is 6.05. The van der Waals surface area contributed by atoms with Gasteiger partial charge in [-0.3, -0.25) is 4.79 Å². The smallest absolute Gasteiger partial charge is 0.255 e. The van der Waals surface area contributed by atoms with Crippen LogP contribution in [0.4, 0.5) is 5.69 Å². The first-order chi connectivity index (χ1) is 13.0. The lowest BCUT2D eigenvalue weighted by atomic mass is 10.1. The molecule has 27 heavy (non-hydrogen) atoms. The molecule has 0 bridgehead atoms. The largest absolute Gasteiger partial charge is 0.494 e. The van der Waals surface area contributed by atoms with Gasteiger partial charge in [-0.2, -0.15) is 0 Å². The maximum atomic E-state index is 12.7. The molecule has 0 aliphatic carbocycles. The van der Waals surface area contributed by atoms with Gasteiger partial charge in [0.05, 0.1) is 12.3 Å². The SMILES string of the molecule is CCOc1ccc(Oc2ccccc2NC(=O)c2cc(C)cc(C)c2)cc1. The van der Waals surface area contributed by atoms with Crippen molar-refractivity contribution < 1.29 is 14.3 Å². The van der Waals surface area contributed by atoms with Gasteiger partial charge in [-0.15, -0.1) is 0 Å². The maximum Gasteiger partial charge on any atom is 0.255 e. The molecule has 3 rings (SSSR count). The van der Waals surface area contributed by atoms with Gasteiger partial charge in [-0.1, -0.05) is 29.3 Å². The minimum atomic E-state index is -0.162. The molecule has 4 nitrogen and oxygen atoms in total. The first-order valence-electron chi connectivity index (χ1n) is 8.94. The molecule has 0 atom stereocenters. The van der Waals surface area contributed by atoms with E-state index in [-0.39, 0.29) is 5.91 Å². The van der Waals surface area contributed by atoms with Crippen molar-refractivity contribution in [1.29, 1.82) is 0 Å². The Bertz CT molecular complexity index is 912. The molecule has 0 fully saturated rings. The van der Waals surface area contributed by atoms with Gasteiger partial charge in [0, 0.05) is 5.56 Å². The number of hydrogen-bond donors (Lipinski definition) is 1. The highest BCUT2D eigenvalue weighted by Crippen LogP contribution is 2.30. The summed E-state index contributed by atoms with van der Waals surface area (Å²) >= 11 is 0. The topological polar surface area (TPSA) is 47.6 Å². The third-order valence-electron chi connectivity index (χ3n) is 3.98. The quantitative estimate of drug-likeness (QED) is 0.608. The summed E-state index contributed by atoms with van der Waals surface area (Å²) < 4.78 is 11.4. The molecule has 4 heteroatoms. The zero-order valence-corrected chi connectivity index (χ0v) is 15.8. The van der Waals surface area contributed by atoms with Crippen LogP contribution in [-0.2, 0) is 0 Å². The van der Waals surface area contributed by atoms with Crippen LogP contribution in [0.5, 0.6) is 17.2 Å². The second-order valence-electron chi connectivity index (χ2n) is 6.33. The number of hydrogen-bond acceptors (Lipinski definition) is 3. The van der Waals surface area contributed by atoms with E-state index in [1.165, 1.54) is 0 Å². The summed E-state index contributed by atoms with van der Waals surface area (Å²) in [6, 6.07) is 20.6. The molecule has 0 saturated carbocycles. The van der Waals surface area contributed by atoms with Crippen molar-refractivity contribution in [2.24, 2.45) is 0 Å². The summed E-state index contributed by atoms with van der Waals surface area (Å²) in [6.07, 6.45) is 0. The number of amides is 1. The van der Waals surface area contributed by atoms with E-state index in [2.05, 4.69) is 5.32 Å². The average molecular weight is 361 g/mol. The number of rotatable bonds is 6. The Morgan fingerprint density at radius 3 is 2.19 bits per heavy atom. The van der Waals surface area contributed by atoms with Gasteiger partial charge in [0.1, 0.15) is 11.5 Å². The molecule has 0 aromatic heterocycles. The van der Waals surface area contributed by atoms with E-state index in [4.69, 9.17) is 9.47 Å². The molecule has 0 aliphatic heterocycles. The van der Waals surface area contributed by atoms with Crippen LogP contribution in [0.3, 0.4) is 0 Å². The highest BCUT2D eigenvalue weighted by Gasteiger charge is 2.11. The van der Waals surface area contributed by atoms with Crippen molar-refractivity contribution >= 4 is 11.6 Å². The highest BCUT2D eigenvalue weighted by atomic mass is 16.5. The molecule has 1 N–H and O–H groups in total. The van der Waals surface area contributed by atoms with Gasteiger partial charge in [0.25, 0.3) is 5.91 Å². The average Bonchev–Trinajstić information content (AvgIpc) is 2.64. The van der Waals surface area contributed by atoms with Gasteiger partial charge in [-0.25, -0.2) is 0 Å². The monoisotopic (exact) mass is 361 g/mol. The number of ether oxygens (including phenoxy) is 2. The predicted octanol–water partition coefficient (Wildman–Crippen LogP) is 5.75. The standard InChI is InChI=1S/C23H23NO3/c1-4-26-19-9-11-20(12-10-19)27-22-8-6-5-7-21(22)24-23(25)18-14-16(2)13-17(3)15-18/h5-15H,4H2,1-3H3,(H,24,25). The summed E-state index contributed by atoms with van der Waals surface area (Å²) in [6.45, 7) is 6.52. The Morgan fingerprint density at radius 2 is 1.52 bits per heavy atom. The lowest BCUT2D eigenvalue weighted by Crippen LogP contribution is -2.13. The molecule has 0 aliphatic rings. The molecular weight excluding hydrogens is 338 g/mol. The first-order valence-corrected chi connectivity index (χ1v) is 8.94. The number of benzene rings is 3. The van der Waals surface area contributed by atoms with Gasteiger partial charge < -0.3 is 14.8 Å². The number of aryl methyl sites for hydroxylation is 2. The van der Waals surface area contributed by atoms with E-state index in [1.54, 1.807) is 0 Å². The molecule has 0 heterocycles. The Labute approximate surface area is 159 Å². The summed E-state index contributed by atoms with van der Waals surface area (Å²) in [5.74, 6) is 1.89. The fourth-order valence-electron chi connectivity index (χ4n) is 2.86. The van der Waals surface area contributed by atoms with E-state index in [0.29, 0.717) is 29.4 Å².